The zero-order chi connectivity index (χ0) is 30.2. The van der Waals surface area contributed by atoms with Crippen LogP contribution in [0.5, 0.6) is 11.5 Å². The number of benzene rings is 2. The van der Waals surface area contributed by atoms with E-state index in [1.54, 1.807) is 18.2 Å². The van der Waals surface area contributed by atoms with Gasteiger partial charge >= 0.3 is 0 Å². The van der Waals surface area contributed by atoms with E-state index < -0.39 is 41.5 Å². The normalized spacial score (nSPS) is 19.4. The van der Waals surface area contributed by atoms with Crippen molar-refractivity contribution in [1.82, 2.24) is 21.3 Å². The SMILES string of the molecule is O=C(NC1CCCCC1)C(=O)[C@H](C[C@@H]1CCNC1=O)NC(=O)[C@H](Cc1ccccc1)NC(=O)c1ccc2c(c1)OCCO2. The summed E-state index contributed by atoms with van der Waals surface area (Å²) in [5, 5.41) is 11.1. The van der Waals surface area contributed by atoms with Crippen molar-refractivity contribution in [3.63, 3.8) is 0 Å². The van der Waals surface area contributed by atoms with Gasteiger partial charge in [-0.05, 0) is 49.4 Å². The first-order valence-electron chi connectivity index (χ1n) is 15.0. The molecule has 1 saturated heterocycles. The number of hydrogen-bond acceptors (Lipinski definition) is 7. The average Bonchev–Trinajstić information content (AvgIpc) is 3.44. The lowest BCUT2D eigenvalue weighted by atomic mass is 9.93. The van der Waals surface area contributed by atoms with E-state index in [4.69, 9.17) is 9.47 Å². The topological polar surface area (TPSA) is 152 Å². The number of rotatable bonds is 11. The number of carbonyl (C=O) groups excluding carboxylic acids is 5. The van der Waals surface area contributed by atoms with Crippen LogP contribution in [-0.2, 0) is 25.6 Å². The minimum absolute atomic E-state index is 0.0113. The molecule has 0 bridgehead atoms. The molecule has 5 rings (SSSR count). The van der Waals surface area contributed by atoms with E-state index in [1.807, 2.05) is 30.3 Å². The van der Waals surface area contributed by atoms with E-state index >= 15 is 0 Å². The number of ketones is 1. The number of carbonyl (C=O) groups is 5. The lowest BCUT2D eigenvalue weighted by molar-refractivity contribution is -0.141. The minimum atomic E-state index is -1.23. The minimum Gasteiger partial charge on any atom is -0.486 e. The van der Waals surface area contributed by atoms with Crippen LogP contribution in [0.25, 0.3) is 0 Å². The summed E-state index contributed by atoms with van der Waals surface area (Å²) in [5.41, 5.74) is 1.07. The Morgan fingerprint density at radius 1 is 0.860 bits per heavy atom. The smallest absolute Gasteiger partial charge is 0.289 e. The van der Waals surface area contributed by atoms with Crippen LogP contribution in [0.4, 0.5) is 0 Å². The molecule has 11 nitrogen and oxygen atoms in total. The zero-order valence-corrected chi connectivity index (χ0v) is 24.1. The maximum atomic E-state index is 13.8. The highest BCUT2D eigenvalue weighted by atomic mass is 16.6. The van der Waals surface area contributed by atoms with Crippen LogP contribution in [-0.4, -0.2) is 67.3 Å². The first-order valence-corrected chi connectivity index (χ1v) is 15.0. The van der Waals surface area contributed by atoms with Crippen molar-refractivity contribution in [3.05, 3.63) is 59.7 Å². The molecular weight excluding hydrogens is 552 g/mol. The van der Waals surface area contributed by atoms with Gasteiger partial charge < -0.3 is 30.7 Å². The number of Topliss-reactive ketones (excluding diaryl/α,β-unsaturated/α-hetero) is 1. The highest BCUT2D eigenvalue weighted by Crippen LogP contribution is 2.30. The summed E-state index contributed by atoms with van der Waals surface area (Å²) in [6.45, 7) is 1.24. The summed E-state index contributed by atoms with van der Waals surface area (Å²) >= 11 is 0. The molecular formula is C32H38N4O7. The lowest BCUT2D eigenvalue weighted by Crippen LogP contribution is -2.55. The van der Waals surface area contributed by atoms with Crippen LogP contribution in [0.1, 0.15) is 60.9 Å². The second kappa shape index (κ2) is 14.2. The van der Waals surface area contributed by atoms with Crippen molar-refractivity contribution in [3.8, 4) is 11.5 Å². The highest BCUT2D eigenvalue weighted by Gasteiger charge is 2.36. The molecule has 0 unspecified atom stereocenters. The molecule has 228 valence electrons. The van der Waals surface area contributed by atoms with Crippen molar-refractivity contribution in [2.75, 3.05) is 19.8 Å². The van der Waals surface area contributed by atoms with Gasteiger partial charge in [0.15, 0.2) is 11.5 Å². The Balaban J connectivity index is 1.34. The van der Waals surface area contributed by atoms with Crippen LogP contribution in [0.15, 0.2) is 48.5 Å². The van der Waals surface area contributed by atoms with E-state index in [0.717, 1.165) is 37.7 Å². The largest absolute Gasteiger partial charge is 0.486 e. The number of nitrogens with one attached hydrogen (secondary N) is 4. The summed E-state index contributed by atoms with van der Waals surface area (Å²) in [4.78, 5) is 65.9. The summed E-state index contributed by atoms with van der Waals surface area (Å²) < 4.78 is 11.1. The molecule has 0 aromatic heterocycles. The maximum Gasteiger partial charge on any atom is 0.289 e. The van der Waals surface area contributed by atoms with Crippen LogP contribution < -0.4 is 30.7 Å². The Labute approximate surface area is 250 Å². The standard InChI is InChI=1S/C32H38N4O7/c37-28(32(41)34-23-9-5-2-6-10-23)24(18-22-13-14-33-29(22)38)35-31(40)25(17-20-7-3-1-4-8-20)36-30(39)21-11-12-26-27(19-21)43-16-15-42-26/h1,3-4,7-8,11-12,19,22-25H,2,5-6,9-10,13-18H2,(H,33,38)(H,34,41)(H,35,40)(H,36,39)/t22-,24-,25-/m0/s1. The molecule has 2 fully saturated rings. The van der Waals surface area contributed by atoms with Crippen LogP contribution in [0, 0.1) is 5.92 Å². The molecule has 43 heavy (non-hydrogen) atoms. The van der Waals surface area contributed by atoms with E-state index in [9.17, 15) is 24.0 Å². The molecule has 3 aliphatic rings. The number of ether oxygens (including phenoxy) is 2. The van der Waals surface area contributed by atoms with Gasteiger partial charge in [-0.1, -0.05) is 49.6 Å². The lowest BCUT2D eigenvalue weighted by Gasteiger charge is -2.26. The van der Waals surface area contributed by atoms with Gasteiger partial charge in [0.05, 0.1) is 6.04 Å². The molecule has 0 spiro atoms. The fourth-order valence-electron chi connectivity index (χ4n) is 5.81. The molecule has 1 saturated carbocycles. The van der Waals surface area contributed by atoms with Gasteiger partial charge in [-0.25, -0.2) is 0 Å². The second-order valence-electron chi connectivity index (χ2n) is 11.3. The van der Waals surface area contributed by atoms with E-state index in [0.29, 0.717) is 37.7 Å². The Bertz CT molecular complexity index is 1340. The molecule has 0 radical (unpaired) electrons. The first-order chi connectivity index (χ1) is 20.9. The van der Waals surface area contributed by atoms with Crippen molar-refractivity contribution in [2.45, 2.75) is 69.5 Å². The Morgan fingerprint density at radius 2 is 1.60 bits per heavy atom. The molecule has 2 aliphatic heterocycles. The van der Waals surface area contributed by atoms with Crippen LogP contribution in [0.2, 0.25) is 0 Å². The molecule has 3 atom stereocenters. The van der Waals surface area contributed by atoms with Gasteiger partial charge in [0.25, 0.3) is 11.8 Å². The van der Waals surface area contributed by atoms with Gasteiger partial charge in [0.1, 0.15) is 19.3 Å². The zero-order valence-electron chi connectivity index (χ0n) is 24.1. The highest BCUT2D eigenvalue weighted by molar-refractivity contribution is 6.38. The second-order valence-corrected chi connectivity index (χ2v) is 11.3. The number of hydrogen-bond donors (Lipinski definition) is 4. The fourth-order valence-corrected chi connectivity index (χ4v) is 5.81. The maximum absolute atomic E-state index is 13.8. The molecule has 11 heteroatoms. The van der Waals surface area contributed by atoms with Gasteiger partial charge in [-0.3, -0.25) is 24.0 Å². The van der Waals surface area contributed by atoms with Crippen molar-refractivity contribution in [2.24, 2.45) is 5.92 Å². The van der Waals surface area contributed by atoms with Crippen LogP contribution in [0.3, 0.4) is 0 Å². The summed E-state index contributed by atoms with van der Waals surface area (Å²) in [7, 11) is 0. The molecule has 2 aromatic carbocycles. The van der Waals surface area contributed by atoms with Crippen LogP contribution >= 0.6 is 0 Å². The Hall–Kier alpha value is -4.41. The number of amides is 4. The van der Waals surface area contributed by atoms with E-state index in [1.165, 1.54) is 0 Å². The monoisotopic (exact) mass is 590 g/mol. The van der Waals surface area contributed by atoms with E-state index in [2.05, 4.69) is 21.3 Å². The molecule has 2 aromatic rings. The van der Waals surface area contributed by atoms with Gasteiger partial charge in [-0.2, -0.15) is 0 Å². The van der Waals surface area contributed by atoms with E-state index in [-0.39, 0.29) is 30.4 Å². The fraction of sp³-hybridized carbons (Fsp3) is 0.469. The third-order valence-electron chi connectivity index (χ3n) is 8.19. The first kappa shape index (κ1) is 30.1. The Kier molecular flexibility index (Phi) is 9.91. The molecule has 4 amide bonds. The third-order valence-corrected chi connectivity index (χ3v) is 8.19. The predicted octanol–water partition coefficient (Wildman–Crippen LogP) is 1.83. The van der Waals surface area contributed by atoms with Crippen molar-refractivity contribution in [1.29, 1.82) is 0 Å². The molecule has 1 aliphatic carbocycles. The molecule has 4 N–H and O–H groups in total. The summed E-state index contributed by atoms with van der Waals surface area (Å²) in [6.07, 6.45) is 5.27. The van der Waals surface area contributed by atoms with Gasteiger partial charge in [0.2, 0.25) is 17.6 Å². The summed E-state index contributed by atoms with van der Waals surface area (Å²) in [6, 6.07) is 11.6. The van der Waals surface area contributed by atoms with Crippen molar-refractivity contribution >= 4 is 29.4 Å². The Morgan fingerprint density at radius 3 is 2.33 bits per heavy atom. The van der Waals surface area contributed by atoms with Crippen molar-refractivity contribution < 1.29 is 33.4 Å². The van der Waals surface area contributed by atoms with Gasteiger partial charge in [-0.15, -0.1) is 0 Å². The third kappa shape index (κ3) is 7.91. The average molecular weight is 591 g/mol. The number of fused-ring (bicyclic) bond motifs is 1. The van der Waals surface area contributed by atoms with Gasteiger partial charge in [0, 0.05) is 30.5 Å². The summed E-state index contributed by atoms with van der Waals surface area (Å²) in [5.74, 6) is -2.47. The molecule has 2 heterocycles. The quantitative estimate of drug-likeness (QED) is 0.292. The predicted molar refractivity (Wildman–Crippen MR) is 157 cm³/mol.